The van der Waals surface area contributed by atoms with E-state index in [1.54, 1.807) is 6.07 Å². The van der Waals surface area contributed by atoms with Gasteiger partial charge in [-0.15, -0.1) is 0 Å². The van der Waals surface area contributed by atoms with Gasteiger partial charge in [-0.25, -0.2) is 0 Å². The van der Waals surface area contributed by atoms with Crippen molar-refractivity contribution in [2.24, 2.45) is 0 Å². The van der Waals surface area contributed by atoms with Gasteiger partial charge in [0.15, 0.2) is 5.78 Å². The first-order valence-corrected chi connectivity index (χ1v) is 7.95. The number of hydrogen-bond acceptors (Lipinski definition) is 2. The molecule has 2 aromatic rings. The van der Waals surface area contributed by atoms with Crippen LogP contribution in [0.2, 0.25) is 5.02 Å². The highest BCUT2D eigenvalue weighted by molar-refractivity contribution is 6.31. The maximum atomic E-state index is 12.2. The summed E-state index contributed by atoms with van der Waals surface area (Å²) < 4.78 is 0. The fourth-order valence-corrected chi connectivity index (χ4v) is 2.52. The molecule has 0 aliphatic heterocycles. The van der Waals surface area contributed by atoms with Gasteiger partial charge < -0.3 is 5.32 Å². The van der Waals surface area contributed by atoms with Gasteiger partial charge in [0.25, 0.3) is 0 Å². The van der Waals surface area contributed by atoms with E-state index in [0.717, 1.165) is 16.7 Å². The first-order chi connectivity index (χ1) is 11.0. The van der Waals surface area contributed by atoms with Crippen LogP contribution in [0.5, 0.6) is 0 Å². The molecule has 120 valence electrons. The van der Waals surface area contributed by atoms with E-state index < -0.39 is 0 Å². The number of ketones is 1. The van der Waals surface area contributed by atoms with Crippen molar-refractivity contribution in [1.82, 2.24) is 5.32 Å². The van der Waals surface area contributed by atoms with Crippen LogP contribution in [0.3, 0.4) is 0 Å². The third-order valence-electron chi connectivity index (χ3n) is 3.71. The molecule has 2 aromatic carbocycles. The molecule has 1 amide bonds. The van der Waals surface area contributed by atoms with Crippen molar-refractivity contribution in [3.63, 3.8) is 0 Å². The van der Waals surface area contributed by atoms with Gasteiger partial charge in [-0.2, -0.15) is 0 Å². The Morgan fingerprint density at radius 2 is 1.78 bits per heavy atom. The van der Waals surface area contributed by atoms with E-state index in [1.165, 1.54) is 0 Å². The molecule has 0 atom stereocenters. The largest absolute Gasteiger partial charge is 0.352 e. The number of carbonyl (C=O) groups excluding carboxylic acids is 2. The van der Waals surface area contributed by atoms with Gasteiger partial charge in [-0.3, -0.25) is 9.59 Å². The average Bonchev–Trinajstić information content (AvgIpc) is 2.54. The molecule has 23 heavy (non-hydrogen) atoms. The van der Waals surface area contributed by atoms with Gasteiger partial charge in [-0.05, 0) is 37.1 Å². The first-order valence-electron chi connectivity index (χ1n) is 7.58. The predicted octanol–water partition coefficient (Wildman–Crippen LogP) is 4.24. The van der Waals surface area contributed by atoms with Gasteiger partial charge in [-0.1, -0.05) is 47.5 Å². The Morgan fingerprint density at radius 3 is 2.52 bits per heavy atom. The van der Waals surface area contributed by atoms with Gasteiger partial charge in [0.05, 0.1) is 0 Å². The molecule has 0 heterocycles. The van der Waals surface area contributed by atoms with Crippen LogP contribution in [0.4, 0.5) is 0 Å². The fraction of sp³-hybridized carbons (Fsp3) is 0.263. The maximum Gasteiger partial charge on any atom is 0.220 e. The zero-order valence-electron chi connectivity index (χ0n) is 13.4. The smallest absolute Gasteiger partial charge is 0.220 e. The zero-order chi connectivity index (χ0) is 16.8. The molecule has 0 aliphatic rings. The van der Waals surface area contributed by atoms with Crippen LogP contribution >= 0.6 is 11.6 Å². The number of hydrogen-bond donors (Lipinski definition) is 1. The van der Waals surface area contributed by atoms with Crippen LogP contribution in [0, 0.1) is 13.8 Å². The Labute approximate surface area is 141 Å². The highest BCUT2D eigenvalue weighted by Gasteiger charge is 2.12. The Hall–Kier alpha value is -2.13. The molecule has 2 rings (SSSR count). The number of aryl methyl sites for hydroxylation is 2. The van der Waals surface area contributed by atoms with Crippen molar-refractivity contribution < 1.29 is 9.59 Å². The average molecular weight is 330 g/mol. The molecule has 0 radical (unpaired) electrons. The van der Waals surface area contributed by atoms with E-state index in [2.05, 4.69) is 5.32 Å². The second-order valence-electron chi connectivity index (χ2n) is 5.61. The monoisotopic (exact) mass is 329 g/mol. The van der Waals surface area contributed by atoms with Crippen molar-refractivity contribution in [3.05, 3.63) is 69.7 Å². The van der Waals surface area contributed by atoms with Crippen LogP contribution in [0.1, 0.15) is 39.9 Å². The summed E-state index contributed by atoms with van der Waals surface area (Å²) in [6.07, 6.45) is 0.384. The summed E-state index contributed by atoms with van der Waals surface area (Å²) in [4.78, 5) is 24.2. The van der Waals surface area contributed by atoms with E-state index >= 15 is 0 Å². The summed E-state index contributed by atoms with van der Waals surface area (Å²) >= 11 is 6.04. The molecule has 0 fully saturated rings. The molecule has 0 spiro atoms. The fourth-order valence-electron chi connectivity index (χ4n) is 2.32. The molecule has 4 heteroatoms. The molecule has 0 saturated heterocycles. The second-order valence-corrected chi connectivity index (χ2v) is 6.02. The topological polar surface area (TPSA) is 46.2 Å². The standard InChI is InChI=1S/C19H20ClNO2/c1-13-7-8-14(2)16(11-13)18(22)9-10-19(23)21-12-15-5-3-4-6-17(15)20/h3-8,11H,9-10,12H2,1-2H3,(H,21,23). The molecule has 0 aromatic heterocycles. The van der Waals surface area contributed by atoms with Gasteiger partial charge >= 0.3 is 0 Å². The van der Waals surface area contributed by atoms with Gasteiger partial charge in [0.1, 0.15) is 0 Å². The minimum Gasteiger partial charge on any atom is -0.352 e. The van der Waals surface area contributed by atoms with Crippen molar-refractivity contribution in [3.8, 4) is 0 Å². The van der Waals surface area contributed by atoms with Gasteiger partial charge in [0.2, 0.25) is 5.91 Å². The van der Waals surface area contributed by atoms with E-state index in [-0.39, 0.29) is 24.5 Å². The number of amides is 1. The summed E-state index contributed by atoms with van der Waals surface area (Å²) in [5.74, 6) is -0.150. The molecule has 0 aliphatic carbocycles. The lowest BCUT2D eigenvalue weighted by atomic mass is 9.99. The second kappa shape index (κ2) is 7.93. The Morgan fingerprint density at radius 1 is 1.04 bits per heavy atom. The van der Waals surface area contributed by atoms with Crippen LogP contribution in [0.25, 0.3) is 0 Å². The Balaban J connectivity index is 1.86. The minimum absolute atomic E-state index is 0.000839. The Bertz CT molecular complexity index is 725. The summed E-state index contributed by atoms with van der Waals surface area (Å²) in [6.45, 7) is 4.23. The third kappa shape index (κ3) is 4.93. The lowest BCUT2D eigenvalue weighted by Crippen LogP contribution is -2.23. The lowest BCUT2D eigenvalue weighted by molar-refractivity contribution is -0.121. The summed E-state index contributed by atoms with van der Waals surface area (Å²) in [7, 11) is 0. The highest BCUT2D eigenvalue weighted by atomic mass is 35.5. The number of rotatable bonds is 6. The first kappa shape index (κ1) is 17.2. The summed E-state index contributed by atoms with van der Waals surface area (Å²) in [6, 6.07) is 13.1. The number of carbonyl (C=O) groups is 2. The van der Waals surface area contributed by atoms with Gasteiger partial charge in [0, 0.05) is 30.0 Å². The molecule has 0 saturated carbocycles. The van der Waals surface area contributed by atoms with Crippen LogP contribution in [-0.2, 0) is 11.3 Å². The SMILES string of the molecule is Cc1ccc(C)c(C(=O)CCC(=O)NCc2ccccc2Cl)c1. The van der Waals surface area contributed by atoms with Crippen LogP contribution < -0.4 is 5.32 Å². The van der Waals surface area contributed by atoms with E-state index in [9.17, 15) is 9.59 Å². The van der Waals surface area contributed by atoms with Crippen molar-refractivity contribution in [2.75, 3.05) is 0 Å². The maximum absolute atomic E-state index is 12.2. The molecule has 0 bridgehead atoms. The van der Waals surface area contributed by atoms with Crippen molar-refractivity contribution in [2.45, 2.75) is 33.2 Å². The quantitative estimate of drug-likeness (QED) is 0.806. The number of Topliss-reactive ketones (excluding diaryl/α,β-unsaturated/α-hetero) is 1. The van der Waals surface area contributed by atoms with E-state index in [0.29, 0.717) is 17.1 Å². The van der Waals surface area contributed by atoms with E-state index in [1.807, 2.05) is 50.2 Å². The number of nitrogens with one attached hydrogen (secondary N) is 1. The summed E-state index contributed by atoms with van der Waals surface area (Å²) in [5, 5.41) is 3.42. The molecule has 3 nitrogen and oxygen atoms in total. The molecule has 1 N–H and O–H groups in total. The normalized spacial score (nSPS) is 10.4. The number of benzene rings is 2. The molecular formula is C19H20ClNO2. The van der Waals surface area contributed by atoms with E-state index in [4.69, 9.17) is 11.6 Å². The summed E-state index contributed by atoms with van der Waals surface area (Å²) in [5.41, 5.74) is 3.55. The molecule has 0 unspecified atom stereocenters. The lowest BCUT2D eigenvalue weighted by Gasteiger charge is -2.08. The molecular weight excluding hydrogens is 310 g/mol. The zero-order valence-corrected chi connectivity index (χ0v) is 14.1. The third-order valence-corrected chi connectivity index (χ3v) is 4.08. The van der Waals surface area contributed by atoms with Crippen molar-refractivity contribution in [1.29, 1.82) is 0 Å². The van der Waals surface area contributed by atoms with Crippen LogP contribution in [0.15, 0.2) is 42.5 Å². The van der Waals surface area contributed by atoms with Crippen molar-refractivity contribution >= 4 is 23.3 Å². The highest BCUT2D eigenvalue weighted by Crippen LogP contribution is 2.15. The number of halogens is 1. The minimum atomic E-state index is -0.149. The Kier molecular flexibility index (Phi) is 5.94. The predicted molar refractivity (Wildman–Crippen MR) is 92.8 cm³/mol. The van der Waals surface area contributed by atoms with Crippen LogP contribution in [-0.4, -0.2) is 11.7 Å².